The topological polar surface area (TPSA) is 61.8 Å². The van der Waals surface area contributed by atoms with Crippen LogP contribution in [0, 0.1) is 0 Å². The first kappa shape index (κ1) is 15.7. The summed E-state index contributed by atoms with van der Waals surface area (Å²) in [6, 6.07) is 0. The van der Waals surface area contributed by atoms with Crippen LogP contribution < -0.4 is 5.32 Å². The summed E-state index contributed by atoms with van der Waals surface area (Å²) in [5.41, 5.74) is -0.717. The molecular weight excluding hydrogens is 256 g/mol. The summed E-state index contributed by atoms with van der Waals surface area (Å²) >= 11 is 0. The van der Waals surface area contributed by atoms with Crippen LogP contribution in [-0.2, 0) is 9.53 Å². The van der Waals surface area contributed by atoms with E-state index in [2.05, 4.69) is 17.1 Å². The van der Waals surface area contributed by atoms with Crippen molar-refractivity contribution in [3.63, 3.8) is 0 Å². The number of hydrogen-bond acceptors (Lipinski definition) is 4. The van der Waals surface area contributed by atoms with E-state index < -0.39 is 11.7 Å². The third kappa shape index (κ3) is 4.43. The number of nitrogens with one attached hydrogen (secondary N) is 1. The van der Waals surface area contributed by atoms with Crippen LogP contribution in [0.15, 0.2) is 0 Å². The van der Waals surface area contributed by atoms with Crippen LogP contribution in [0.2, 0.25) is 0 Å². The van der Waals surface area contributed by atoms with Crippen LogP contribution >= 0.6 is 0 Å². The van der Waals surface area contributed by atoms with Crippen LogP contribution in [-0.4, -0.2) is 60.4 Å². The maximum absolute atomic E-state index is 12.2. The second kappa shape index (κ2) is 7.38. The molecule has 0 radical (unpaired) electrons. The van der Waals surface area contributed by atoms with Gasteiger partial charge in [0.15, 0.2) is 0 Å². The van der Waals surface area contributed by atoms with E-state index in [1.165, 1.54) is 12.8 Å². The molecule has 1 heterocycles. The van der Waals surface area contributed by atoms with Crippen molar-refractivity contribution in [1.82, 2.24) is 10.2 Å². The van der Waals surface area contributed by atoms with E-state index in [-0.39, 0.29) is 5.91 Å². The number of amides is 1. The van der Waals surface area contributed by atoms with Crippen LogP contribution in [0.1, 0.15) is 45.4 Å². The van der Waals surface area contributed by atoms with Gasteiger partial charge in [0.25, 0.3) is 5.91 Å². The van der Waals surface area contributed by atoms with E-state index in [0.717, 1.165) is 38.8 Å². The monoisotopic (exact) mass is 284 g/mol. The Labute approximate surface area is 121 Å². The predicted molar refractivity (Wildman–Crippen MR) is 77.5 cm³/mol. The van der Waals surface area contributed by atoms with E-state index in [1.807, 2.05) is 0 Å². The number of hydrogen-bond donors (Lipinski definition) is 2. The Morgan fingerprint density at radius 2 is 2.05 bits per heavy atom. The van der Waals surface area contributed by atoms with Gasteiger partial charge in [0.1, 0.15) is 6.10 Å². The second-order valence-electron chi connectivity index (χ2n) is 6.11. The third-order valence-electron chi connectivity index (χ3n) is 4.52. The fourth-order valence-corrected chi connectivity index (χ4v) is 3.08. The molecule has 20 heavy (non-hydrogen) atoms. The molecule has 116 valence electrons. The van der Waals surface area contributed by atoms with Gasteiger partial charge in [0.2, 0.25) is 0 Å². The van der Waals surface area contributed by atoms with Gasteiger partial charge in [-0.2, -0.15) is 0 Å². The van der Waals surface area contributed by atoms with Gasteiger partial charge in [0.05, 0.1) is 12.2 Å². The fourth-order valence-electron chi connectivity index (χ4n) is 3.08. The lowest BCUT2D eigenvalue weighted by Gasteiger charge is -2.32. The van der Waals surface area contributed by atoms with Crippen molar-refractivity contribution in [3.05, 3.63) is 0 Å². The lowest BCUT2D eigenvalue weighted by molar-refractivity contribution is -0.139. The molecule has 1 aliphatic heterocycles. The van der Waals surface area contributed by atoms with Crippen molar-refractivity contribution in [2.75, 3.05) is 32.8 Å². The molecule has 2 aliphatic rings. The molecule has 1 saturated heterocycles. The van der Waals surface area contributed by atoms with Crippen LogP contribution in [0.5, 0.6) is 0 Å². The predicted octanol–water partition coefficient (Wildman–Crippen LogP) is 0.909. The van der Waals surface area contributed by atoms with E-state index >= 15 is 0 Å². The molecule has 5 nitrogen and oxygen atoms in total. The Bertz CT molecular complexity index is 314. The molecule has 0 bridgehead atoms. The Morgan fingerprint density at radius 1 is 1.35 bits per heavy atom. The van der Waals surface area contributed by atoms with Gasteiger partial charge in [-0.15, -0.1) is 0 Å². The molecule has 0 spiro atoms. The van der Waals surface area contributed by atoms with Gasteiger partial charge in [-0.25, -0.2) is 0 Å². The van der Waals surface area contributed by atoms with Crippen molar-refractivity contribution >= 4 is 5.91 Å². The minimum absolute atomic E-state index is 0.0826. The summed E-state index contributed by atoms with van der Waals surface area (Å²) in [4.78, 5) is 14.4. The molecule has 2 N–H and O–H groups in total. The normalized spacial score (nSPS) is 27.8. The maximum atomic E-state index is 12.2. The first-order valence-electron chi connectivity index (χ1n) is 7.97. The standard InChI is InChI=1S/C15H28N2O3/c1-2-17-9-10-20-13(11-17)14(18)16-12-15(19)7-5-3-4-6-8-15/h13,19H,2-12H2,1H3,(H,16,18). The summed E-state index contributed by atoms with van der Waals surface area (Å²) in [7, 11) is 0. The van der Waals surface area contributed by atoms with Crippen LogP contribution in [0.25, 0.3) is 0 Å². The molecule has 0 aromatic carbocycles. The zero-order valence-corrected chi connectivity index (χ0v) is 12.6. The van der Waals surface area contributed by atoms with Gasteiger partial charge in [0, 0.05) is 19.6 Å². The maximum Gasteiger partial charge on any atom is 0.250 e. The van der Waals surface area contributed by atoms with E-state index in [9.17, 15) is 9.90 Å². The molecule has 1 aliphatic carbocycles. The average Bonchev–Trinajstić information content (AvgIpc) is 2.70. The van der Waals surface area contributed by atoms with Crippen molar-refractivity contribution < 1.29 is 14.6 Å². The number of aliphatic hydroxyl groups is 1. The number of ether oxygens (including phenoxy) is 1. The van der Waals surface area contributed by atoms with Gasteiger partial charge >= 0.3 is 0 Å². The van der Waals surface area contributed by atoms with Gasteiger partial charge in [-0.1, -0.05) is 32.6 Å². The summed E-state index contributed by atoms with van der Waals surface area (Å²) in [5.74, 6) is -0.0826. The first-order valence-corrected chi connectivity index (χ1v) is 7.97. The molecule has 0 aromatic rings. The lowest BCUT2D eigenvalue weighted by Crippen LogP contribution is -2.52. The zero-order chi connectivity index (χ0) is 14.4. The summed E-state index contributed by atoms with van der Waals surface area (Å²) in [6.07, 6.45) is 5.67. The van der Waals surface area contributed by atoms with Crippen LogP contribution in [0.4, 0.5) is 0 Å². The molecule has 1 saturated carbocycles. The molecule has 1 unspecified atom stereocenters. The number of carbonyl (C=O) groups excluding carboxylic acids is 1. The summed E-state index contributed by atoms with van der Waals surface area (Å²) in [5, 5.41) is 13.4. The highest BCUT2D eigenvalue weighted by molar-refractivity contribution is 5.81. The van der Waals surface area contributed by atoms with Crippen molar-refractivity contribution in [3.8, 4) is 0 Å². The van der Waals surface area contributed by atoms with E-state index in [0.29, 0.717) is 19.7 Å². The minimum Gasteiger partial charge on any atom is -0.388 e. The van der Waals surface area contributed by atoms with Crippen molar-refractivity contribution in [2.45, 2.75) is 57.2 Å². The molecule has 1 atom stereocenters. The molecule has 1 amide bonds. The van der Waals surface area contributed by atoms with Gasteiger partial charge < -0.3 is 15.2 Å². The van der Waals surface area contributed by atoms with Crippen molar-refractivity contribution in [1.29, 1.82) is 0 Å². The highest BCUT2D eigenvalue weighted by Crippen LogP contribution is 2.26. The SMILES string of the molecule is CCN1CCOC(C(=O)NCC2(O)CCCCCC2)C1. The zero-order valence-electron chi connectivity index (χ0n) is 12.6. The third-order valence-corrected chi connectivity index (χ3v) is 4.52. The largest absolute Gasteiger partial charge is 0.388 e. The number of nitrogens with zero attached hydrogens (tertiary/aromatic N) is 1. The molecule has 5 heteroatoms. The molecule has 0 aromatic heterocycles. The van der Waals surface area contributed by atoms with Crippen molar-refractivity contribution in [2.24, 2.45) is 0 Å². The first-order chi connectivity index (χ1) is 9.63. The quantitative estimate of drug-likeness (QED) is 0.753. The lowest BCUT2D eigenvalue weighted by atomic mass is 9.94. The second-order valence-corrected chi connectivity index (χ2v) is 6.11. The average molecular weight is 284 g/mol. The number of rotatable bonds is 4. The Morgan fingerprint density at radius 3 is 2.70 bits per heavy atom. The Balaban J connectivity index is 1.78. The summed E-state index contributed by atoms with van der Waals surface area (Å²) < 4.78 is 5.53. The number of morpholine rings is 1. The number of carbonyl (C=O) groups is 1. The molecular formula is C15H28N2O3. The highest BCUT2D eigenvalue weighted by atomic mass is 16.5. The van der Waals surface area contributed by atoms with E-state index in [1.54, 1.807) is 0 Å². The van der Waals surface area contributed by atoms with Crippen LogP contribution in [0.3, 0.4) is 0 Å². The molecule has 2 fully saturated rings. The smallest absolute Gasteiger partial charge is 0.250 e. The van der Waals surface area contributed by atoms with Gasteiger partial charge in [-0.05, 0) is 19.4 Å². The highest BCUT2D eigenvalue weighted by Gasteiger charge is 2.31. The fraction of sp³-hybridized carbons (Fsp3) is 0.933. The summed E-state index contributed by atoms with van der Waals surface area (Å²) in [6.45, 7) is 5.55. The number of likely N-dealkylation sites (N-methyl/N-ethyl adjacent to an activating group) is 1. The molecule has 2 rings (SSSR count). The Hall–Kier alpha value is -0.650. The Kier molecular flexibility index (Phi) is 5.81. The minimum atomic E-state index is -0.717. The van der Waals surface area contributed by atoms with E-state index in [4.69, 9.17) is 4.74 Å². The van der Waals surface area contributed by atoms with Gasteiger partial charge in [-0.3, -0.25) is 9.69 Å².